The van der Waals surface area contributed by atoms with E-state index >= 15 is 0 Å². The molecule has 3 aromatic rings. The lowest BCUT2D eigenvalue weighted by molar-refractivity contribution is -0.132. The minimum atomic E-state index is -0.339. The van der Waals surface area contributed by atoms with Crippen molar-refractivity contribution in [1.29, 1.82) is 0 Å². The van der Waals surface area contributed by atoms with Gasteiger partial charge in [0.15, 0.2) is 5.82 Å². The highest BCUT2D eigenvalue weighted by Crippen LogP contribution is 2.49. The van der Waals surface area contributed by atoms with Crippen LogP contribution in [-0.4, -0.2) is 110 Å². The molecule has 254 valence electrons. The number of carbonyl (C=O) groups is 1. The number of carbonyl (C=O) groups excluding carboxylic acids is 1. The Morgan fingerprint density at radius 2 is 1.75 bits per heavy atom. The number of benzene rings is 1. The average Bonchev–Trinajstić information content (AvgIpc) is 3.81. The van der Waals surface area contributed by atoms with E-state index in [2.05, 4.69) is 53.9 Å². The fraction of sp³-hybridized carbons (Fsp3) is 0.611. The molecule has 1 atom stereocenters. The molecule has 2 aliphatic carbocycles. The van der Waals surface area contributed by atoms with Crippen LogP contribution in [0.3, 0.4) is 0 Å². The second-order valence-corrected chi connectivity index (χ2v) is 15.2. The van der Waals surface area contributed by atoms with Gasteiger partial charge in [-0.3, -0.25) is 14.6 Å². The number of nitrogens with zero attached hydrogens (tertiary/aromatic N) is 9. The van der Waals surface area contributed by atoms with E-state index in [9.17, 15) is 9.18 Å². The molecule has 5 heterocycles. The number of aromatic nitrogens is 5. The lowest BCUT2D eigenvalue weighted by Crippen LogP contribution is -2.66. The Morgan fingerprint density at radius 3 is 2.48 bits per heavy atom. The number of piperazine rings is 1. The number of ether oxygens (including phenoxy) is 1. The SMILES string of the molecule is CC(=O)N1CCN(C2CC([C@@H](C(C)C)N3CC4(CCN(c5ncnnc5Oc5ccc(F)cc5-c5cnncc5C5CC5)C4)C3)C2)CC1. The van der Waals surface area contributed by atoms with E-state index in [0.29, 0.717) is 46.9 Å². The van der Waals surface area contributed by atoms with Crippen LogP contribution >= 0.6 is 0 Å². The summed E-state index contributed by atoms with van der Waals surface area (Å²) in [7, 11) is 0. The van der Waals surface area contributed by atoms with E-state index in [1.807, 2.05) is 4.90 Å². The second kappa shape index (κ2) is 12.6. The summed E-state index contributed by atoms with van der Waals surface area (Å²) in [6.45, 7) is 14.1. The molecule has 3 aliphatic heterocycles. The smallest absolute Gasteiger partial charge is 0.282 e. The van der Waals surface area contributed by atoms with Gasteiger partial charge in [-0.2, -0.15) is 10.2 Å². The summed E-state index contributed by atoms with van der Waals surface area (Å²) < 4.78 is 21.0. The molecule has 2 saturated carbocycles. The average molecular weight is 656 g/mol. The van der Waals surface area contributed by atoms with E-state index < -0.39 is 0 Å². The molecule has 1 aromatic carbocycles. The predicted octanol–water partition coefficient (Wildman–Crippen LogP) is 4.62. The maximum Gasteiger partial charge on any atom is 0.282 e. The molecule has 0 N–H and O–H groups in total. The molecule has 48 heavy (non-hydrogen) atoms. The van der Waals surface area contributed by atoms with Crippen LogP contribution in [-0.2, 0) is 4.79 Å². The maximum absolute atomic E-state index is 14.6. The summed E-state index contributed by atoms with van der Waals surface area (Å²) >= 11 is 0. The molecule has 0 bridgehead atoms. The summed E-state index contributed by atoms with van der Waals surface area (Å²) in [6, 6.07) is 5.81. The van der Waals surface area contributed by atoms with Crippen molar-refractivity contribution in [3.05, 3.63) is 48.3 Å². The molecule has 3 saturated heterocycles. The normalized spacial score (nSPS) is 24.9. The second-order valence-electron chi connectivity index (χ2n) is 15.2. The van der Waals surface area contributed by atoms with Crippen molar-refractivity contribution in [3.63, 3.8) is 0 Å². The third-order valence-electron chi connectivity index (χ3n) is 11.6. The molecule has 5 fully saturated rings. The number of rotatable bonds is 9. The third-order valence-corrected chi connectivity index (χ3v) is 11.6. The van der Waals surface area contributed by atoms with Crippen LogP contribution in [0, 0.1) is 23.1 Å². The molecular weight excluding hydrogens is 609 g/mol. The monoisotopic (exact) mass is 655 g/mol. The number of hydrogen-bond donors (Lipinski definition) is 0. The van der Waals surface area contributed by atoms with Gasteiger partial charge in [0.05, 0.1) is 12.4 Å². The van der Waals surface area contributed by atoms with Crippen molar-refractivity contribution >= 4 is 11.7 Å². The first-order chi connectivity index (χ1) is 23.3. The zero-order valence-corrected chi connectivity index (χ0v) is 28.3. The van der Waals surface area contributed by atoms with Gasteiger partial charge in [0, 0.05) is 87.9 Å². The van der Waals surface area contributed by atoms with Gasteiger partial charge in [-0.25, -0.2) is 9.37 Å². The highest BCUT2D eigenvalue weighted by Gasteiger charge is 2.53. The Bertz CT molecular complexity index is 1650. The van der Waals surface area contributed by atoms with Gasteiger partial charge in [0.2, 0.25) is 5.91 Å². The fourth-order valence-corrected chi connectivity index (χ4v) is 9.00. The van der Waals surface area contributed by atoms with Gasteiger partial charge < -0.3 is 14.5 Å². The number of amides is 1. The first kappa shape index (κ1) is 31.5. The van der Waals surface area contributed by atoms with Crippen LogP contribution in [0.4, 0.5) is 10.2 Å². The molecule has 1 amide bonds. The summed E-state index contributed by atoms with van der Waals surface area (Å²) in [5, 5.41) is 16.6. The molecule has 0 unspecified atom stereocenters. The first-order valence-corrected chi connectivity index (χ1v) is 17.7. The summed E-state index contributed by atoms with van der Waals surface area (Å²) in [4.78, 5) is 26.0. The Balaban J connectivity index is 0.922. The molecule has 11 nitrogen and oxygen atoms in total. The maximum atomic E-state index is 14.6. The fourth-order valence-electron chi connectivity index (χ4n) is 9.00. The quantitative estimate of drug-likeness (QED) is 0.325. The van der Waals surface area contributed by atoms with Gasteiger partial charge in [-0.05, 0) is 73.6 Å². The van der Waals surface area contributed by atoms with Crippen molar-refractivity contribution in [3.8, 4) is 22.8 Å². The molecule has 8 rings (SSSR count). The first-order valence-electron chi connectivity index (χ1n) is 17.7. The molecule has 12 heteroatoms. The van der Waals surface area contributed by atoms with Gasteiger partial charge >= 0.3 is 0 Å². The van der Waals surface area contributed by atoms with Crippen molar-refractivity contribution in [2.75, 3.05) is 57.3 Å². The third kappa shape index (κ3) is 6.02. The van der Waals surface area contributed by atoms with Crippen molar-refractivity contribution in [2.45, 2.75) is 70.9 Å². The van der Waals surface area contributed by atoms with Crippen LogP contribution in [0.5, 0.6) is 11.6 Å². The highest BCUT2D eigenvalue weighted by molar-refractivity contribution is 5.74. The van der Waals surface area contributed by atoms with Crippen molar-refractivity contribution in [1.82, 2.24) is 40.1 Å². The molecule has 1 spiro atoms. The van der Waals surface area contributed by atoms with Crippen LogP contribution in [0.25, 0.3) is 11.1 Å². The Hall–Kier alpha value is -3.77. The Labute approximate surface area is 281 Å². The lowest BCUT2D eigenvalue weighted by Gasteiger charge is -2.58. The van der Waals surface area contributed by atoms with Crippen LogP contribution in [0.15, 0.2) is 36.9 Å². The van der Waals surface area contributed by atoms with E-state index in [1.54, 1.807) is 25.4 Å². The molecule has 0 radical (unpaired) electrons. The van der Waals surface area contributed by atoms with Crippen molar-refractivity contribution in [2.24, 2.45) is 17.3 Å². The van der Waals surface area contributed by atoms with Gasteiger partial charge in [-0.1, -0.05) is 13.8 Å². The molecular formula is C36H46FN9O2. The summed E-state index contributed by atoms with van der Waals surface area (Å²) in [5.74, 6) is 3.11. The number of likely N-dealkylation sites (tertiary alicyclic amines) is 1. The molecule has 5 aliphatic rings. The number of halogens is 1. The predicted molar refractivity (Wildman–Crippen MR) is 179 cm³/mol. The van der Waals surface area contributed by atoms with Gasteiger partial charge in [0.1, 0.15) is 17.9 Å². The van der Waals surface area contributed by atoms with E-state index in [1.165, 1.54) is 31.3 Å². The minimum absolute atomic E-state index is 0.195. The Kier molecular flexibility index (Phi) is 8.27. The Morgan fingerprint density at radius 1 is 0.979 bits per heavy atom. The van der Waals surface area contributed by atoms with Crippen LogP contribution in [0.2, 0.25) is 0 Å². The summed E-state index contributed by atoms with van der Waals surface area (Å²) in [6.07, 6.45) is 10.8. The highest BCUT2D eigenvalue weighted by atomic mass is 19.1. The van der Waals surface area contributed by atoms with Gasteiger partial charge in [0.25, 0.3) is 5.88 Å². The van der Waals surface area contributed by atoms with E-state index in [4.69, 9.17) is 4.74 Å². The zero-order chi connectivity index (χ0) is 33.0. The number of anilines is 1. The van der Waals surface area contributed by atoms with E-state index in [0.717, 1.165) is 88.7 Å². The molecule has 2 aromatic heterocycles. The largest absolute Gasteiger partial charge is 0.434 e. The zero-order valence-electron chi connectivity index (χ0n) is 28.3. The lowest BCUT2D eigenvalue weighted by atomic mass is 9.68. The minimum Gasteiger partial charge on any atom is -0.434 e. The van der Waals surface area contributed by atoms with Crippen LogP contribution < -0.4 is 9.64 Å². The number of hydrogen-bond acceptors (Lipinski definition) is 10. The van der Waals surface area contributed by atoms with Crippen LogP contribution in [0.1, 0.15) is 64.4 Å². The van der Waals surface area contributed by atoms with E-state index in [-0.39, 0.29) is 17.1 Å². The van der Waals surface area contributed by atoms with Crippen molar-refractivity contribution < 1.29 is 13.9 Å². The van der Waals surface area contributed by atoms with Gasteiger partial charge in [-0.15, -0.1) is 10.2 Å². The summed E-state index contributed by atoms with van der Waals surface area (Å²) in [5.41, 5.74) is 2.76. The topological polar surface area (TPSA) is 104 Å². The standard InChI is InChI=1S/C36H46FN9O2/c1-23(2)33(26-14-28(15-26)44-12-10-43(11-13-44)24(3)47)46-20-36(21-46)8-9-45(19-36)34-35(42-41-22-38-34)48-32-7-6-27(37)16-29(32)31-18-40-39-17-30(31)25-4-5-25/h6-7,16-18,22-23,25-26,28,33H,4-5,8-15,19-21H2,1-3H3/t26?,28?,33-/m1/s1.